The van der Waals surface area contributed by atoms with E-state index < -0.39 is 23.5 Å². The lowest BCUT2D eigenvalue weighted by molar-refractivity contribution is -0.117. The quantitative estimate of drug-likeness (QED) is 0.269. The number of aliphatic hydroxyl groups is 1. The number of furan rings is 1. The van der Waals surface area contributed by atoms with E-state index >= 15 is 0 Å². The maximum absolute atomic E-state index is 13.8. The molecular formula is C29H22BrNO6. The Hall–Kier alpha value is -4.04. The summed E-state index contributed by atoms with van der Waals surface area (Å²) in [4.78, 5) is 28.7. The Bertz CT molecular complexity index is 1600. The number of aliphatic hydroxyl groups excluding tert-OH is 1. The van der Waals surface area contributed by atoms with Crippen molar-refractivity contribution >= 4 is 44.3 Å². The van der Waals surface area contributed by atoms with Crippen molar-refractivity contribution in [2.45, 2.75) is 25.8 Å². The van der Waals surface area contributed by atoms with Gasteiger partial charge in [-0.1, -0.05) is 54.0 Å². The molecule has 0 fully saturated rings. The number of rotatable bonds is 5. The van der Waals surface area contributed by atoms with Crippen LogP contribution in [-0.4, -0.2) is 23.6 Å². The Labute approximate surface area is 221 Å². The molecule has 6 rings (SSSR count). The van der Waals surface area contributed by atoms with Crippen molar-refractivity contribution in [3.05, 3.63) is 99.4 Å². The molecule has 7 nitrogen and oxygen atoms in total. The smallest absolute Gasteiger partial charge is 0.294 e. The summed E-state index contributed by atoms with van der Waals surface area (Å²) in [5.41, 5.74) is 2.75. The third-order valence-electron chi connectivity index (χ3n) is 6.71. The highest BCUT2D eigenvalue weighted by molar-refractivity contribution is 9.10. The van der Waals surface area contributed by atoms with Crippen LogP contribution in [0.15, 0.2) is 87.0 Å². The summed E-state index contributed by atoms with van der Waals surface area (Å²) in [6.45, 7) is 4.27. The van der Waals surface area contributed by atoms with Gasteiger partial charge >= 0.3 is 0 Å². The van der Waals surface area contributed by atoms with Gasteiger partial charge in [0.05, 0.1) is 11.6 Å². The Kier molecular flexibility index (Phi) is 5.56. The zero-order valence-corrected chi connectivity index (χ0v) is 21.6. The molecule has 8 heteroatoms. The zero-order chi connectivity index (χ0) is 25.8. The Morgan fingerprint density at radius 3 is 2.51 bits per heavy atom. The molecule has 0 radical (unpaired) electrons. The molecule has 0 saturated heterocycles. The average Bonchev–Trinajstić information content (AvgIpc) is 3.59. The fraction of sp³-hybridized carbons (Fsp3) is 0.172. The van der Waals surface area contributed by atoms with E-state index in [0.29, 0.717) is 34.3 Å². The van der Waals surface area contributed by atoms with Crippen LogP contribution in [0.3, 0.4) is 0 Å². The third-order valence-corrected chi connectivity index (χ3v) is 7.20. The largest absolute Gasteiger partial charge is 0.503 e. The normalized spacial score (nSPS) is 16.9. The number of benzene rings is 3. The number of carbonyl (C=O) groups is 2. The summed E-state index contributed by atoms with van der Waals surface area (Å²) in [6, 6.07) is 19.0. The van der Waals surface area contributed by atoms with Crippen molar-refractivity contribution in [1.29, 1.82) is 0 Å². The van der Waals surface area contributed by atoms with E-state index in [1.54, 1.807) is 30.3 Å². The molecule has 1 atom stereocenters. The lowest BCUT2D eigenvalue weighted by Crippen LogP contribution is -2.31. The Morgan fingerprint density at radius 2 is 1.76 bits per heavy atom. The minimum Gasteiger partial charge on any atom is -0.503 e. The summed E-state index contributed by atoms with van der Waals surface area (Å²) >= 11 is 3.43. The van der Waals surface area contributed by atoms with Gasteiger partial charge in [0.2, 0.25) is 12.6 Å². The predicted octanol–water partition coefficient (Wildman–Crippen LogP) is 6.83. The molecule has 0 bridgehead atoms. The van der Waals surface area contributed by atoms with Gasteiger partial charge in [0.25, 0.3) is 5.91 Å². The number of ketones is 1. The number of hydrogen-bond donors (Lipinski definition) is 1. The van der Waals surface area contributed by atoms with Crippen LogP contribution in [0.4, 0.5) is 5.69 Å². The van der Waals surface area contributed by atoms with Crippen LogP contribution in [0.2, 0.25) is 0 Å². The number of fused-ring (bicyclic) bond motifs is 2. The van der Waals surface area contributed by atoms with Crippen molar-refractivity contribution < 1.29 is 28.6 Å². The number of nitrogens with zero attached hydrogens (tertiary/aromatic N) is 1. The molecule has 2 aliphatic heterocycles. The van der Waals surface area contributed by atoms with Crippen molar-refractivity contribution in [1.82, 2.24) is 0 Å². The molecule has 3 heterocycles. The molecule has 186 valence electrons. The van der Waals surface area contributed by atoms with Gasteiger partial charge in [0, 0.05) is 21.6 Å². The summed E-state index contributed by atoms with van der Waals surface area (Å²) in [7, 11) is 0. The van der Waals surface area contributed by atoms with E-state index in [9.17, 15) is 14.7 Å². The zero-order valence-electron chi connectivity index (χ0n) is 20.0. The van der Waals surface area contributed by atoms with Crippen LogP contribution in [0.5, 0.6) is 11.5 Å². The Balaban J connectivity index is 1.48. The minimum absolute atomic E-state index is 0.0405. The molecule has 0 spiro atoms. The number of anilines is 1. The maximum atomic E-state index is 13.8. The Morgan fingerprint density at radius 1 is 1.00 bits per heavy atom. The van der Waals surface area contributed by atoms with Crippen molar-refractivity contribution in [2.75, 3.05) is 11.7 Å². The first-order chi connectivity index (χ1) is 17.8. The van der Waals surface area contributed by atoms with Gasteiger partial charge < -0.3 is 19.0 Å². The van der Waals surface area contributed by atoms with E-state index in [1.165, 1.54) is 4.90 Å². The first kappa shape index (κ1) is 23.4. The van der Waals surface area contributed by atoms with Gasteiger partial charge in [-0.15, -0.1) is 0 Å². The lowest BCUT2D eigenvalue weighted by atomic mass is 9.92. The number of amides is 1. The highest BCUT2D eigenvalue weighted by Crippen LogP contribution is 2.45. The summed E-state index contributed by atoms with van der Waals surface area (Å²) in [5.74, 6) is -0.444. The highest BCUT2D eigenvalue weighted by atomic mass is 79.9. The number of carbonyl (C=O) groups excluding carboxylic acids is 2. The maximum Gasteiger partial charge on any atom is 0.294 e. The summed E-state index contributed by atoms with van der Waals surface area (Å²) in [5, 5.41) is 11.8. The molecule has 1 aromatic heterocycles. The van der Waals surface area contributed by atoms with Crippen molar-refractivity contribution in [2.24, 2.45) is 0 Å². The van der Waals surface area contributed by atoms with E-state index in [4.69, 9.17) is 13.9 Å². The molecule has 4 aromatic rings. The van der Waals surface area contributed by atoms with Crippen LogP contribution in [0.1, 0.15) is 47.5 Å². The monoisotopic (exact) mass is 559 g/mol. The van der Waals surface area contributed by atoms with Gasteiger partial charge in [-0.05, 0) is 53.4 Å². The predicted molar refractivity (Wildman–Crippen MR) is 141 cm³/mol. The molecule has 0 aliphatic carbocycles. The fourth-order valence-corrected chi connectivity index (χ4v) is 5.15. The van der Waals surface area contributed by atoms with Gasteiger partial charge in [-0.2, -0.15) is 0 Å². The van der Waals surface area contributed by atoms with Crippen LogP contribution in [-0.2, 0) is 4.79 Å². The summed E-state index contributed by atoms with van der Waals surface area (Å²) < 4.78 is 17.6. The van der Waals surface area contributed by atoms with E-state index in [-0.39, 0.29) is 18.1 Å². The molecule has 37 heavy (non-hydrogen) atoms. The SMILES string of the molecule is CC(C)c1ccc(C2C(C(=O)c3cc4cc(Br)ccc4o3)=C(O)C(=O)N2c2ccc3c(c2)OCO3)cc1. The fourth-order valence-electron chi connectivity index (χ4n) is 4.78. The molecule has 0 saturated carbocycles. The van der Waals surface area contributed by atoms with Crippen molar-refractivity contribution in [3.8, 4) is 11.5 Å². The van der Waals surface area contributed by atoms with Gasteiger partial charge in [-0.25, -0.2) is 0 Å². The van der Waals surface area contributed by atoms with E-state index in [0.717, 1.165) is 15.4 Å². The van der Waals surface area contributed by atoms with Crippen molar-refractivity contribution in [3.63, 3.8) is 0 Å². The second-order valence-corrected chi connectivity index (χ2v) is 10.2. The molecule has 1 N–H and O–H groups in total. The second-order valence-electron chi connectivity index (χ2n) is 9.32. The van der Waals surface area contributed by atoms with E-state index in [1.807, 2.05) is 36.4 Å². The summed E-state index contributed by atoms with van der Waals surface area (Å²) in [6.07, 6.45) is 0. The first-order valence-electron chi connectivity index (χ1n) is 11.8. The average molecular weight is 560 g/mol. The second kappa shape index (κ2) is 8.81. The third kappa shape index (κ3) is 3.88. The topological polar surface area (TPSA) is 89.2 Å². The van der Waals surface area contributed by atoms with Crippen LogP contribution in [0, 0.1) is 0 Å². The van der Waals surface area contributed by atoms with Crippen LogP contribution in [0.25, 0.3) is 11.0 Å². The molecule has 2 aliphatic rings. The minimum atomic E-state index is -0.874. The number of ether oxygens (including phenoxy) is 2. The van der Waals surface area contributed by atoms with Crippen LogP contribution >= 0.6 is 15.9 Å². The first-order valence-corrected chi connectivity index (χ1v) is 12.6. The lowest BCUT2D eigenvalue weighted by Gasteiger charge is -2.27. The molecule has 1 unspecified atom stereocenters. The van der Waals surface area contributed by atoms with Gasteiger partial charge in [0.1, 0.15) is 5.58 Å². The highest BCUT2D eigenvalue weighted by Gasteiger charge is 2.45. The van der Waals surface area contributed by atoms with E-state index in [2.05, 4.69) is 29.8 Å². The molecule has 3 aromatic carbocycles. The number of Topliss-reactive ketones (excluding diaryl/α,β-unsaturated/α-hetero) is 1. The standard InChI is InChI=1S/C29H22BrNO6/c1-15(2)16-3-5-17(6-4-16)26-25(27(32)24-12-18-11-19(30)7-9-21(18)37-24)28(33)29(34)31(26)20-8-10-22-23(13-20)36-14-35-22/h3-13,15,26,33H,14H2,1-2H3. The number of halogens is 1. The number of hydrogen-bond acceptors (Lipinski definition) is 6. The van der Waals surface area contributed by atoms with Gasteiger partial charge in [0.15, 0.2) is 23.0 Å². The van der Waals surface area contributed by atoms with Crippen LogP contribution < -0.4 is 14.4 Å². The molecule has 1 amide bonds. The van der Waals surface area contributed by atoms with Gasteiger partial charge in [-0.3, -0.25) is 14.5 Å². The molecular weight excluding hydrogens is 538 g/mol.